The first-order valence-corrected chi connectivity index (χ1v) is 3.15. The van der Waals surface area contributed by atoms with Gasteiger partial charge in [-0.25, -0.2) is 9.67 Å². The molecule has 0 saturated carbocycles. The van der Waals surface area contributed by atoms with Gasteiger partial charge in [-0.05, 0) is 0 Å². The summed E-state index contributed by atoms with van der Waals surface area (Å²) < 4.78 is 1.55. The maximum absolute atomic E-state index is 9.22. The topological polar surface area (TPSA) is 75.3 Å². The fourth-order valence-corrected chi connectivity index (χ4v) is 0.954. The molecule has 0 amide bonds. The van der Waals surface area contributed by atoms with Crippen LogP contribution in [0.15, 0.2) is 4.99 Å². The SMILES string of the molecule is Cn1nnc2c1NC=NC2O. The Morgan fingerprint density at radius 3 is 3.27 bits per heavy atom. The van der Waals surface area contributed by atoms with Crippen molar-refractivity contribution < 1.29 is 5.11 Å². The summed E-state index contributed by atoms with van der Waals surface area (Å²) in [6.07, 6.45) is 0.552. The molecule has 0 radical (unpaired) electrons. The van der Waals surface area contributed by atoms with Crippen molar-refractivity contribution in [3.8, 4) is 0 Å². The second-order valence-electron chi connectivity index (χ2n) is 2.24. The van der Waals surface area contributed by atoms with E-state index in [4.69, 9.17) is 0 Å². The minimum absolute atomic E-state index is 0.468. The molecule has 1 aliphatic rings. The molecular weight excluding hydrogens is 146 g/mol. The van der Waals surface area contributed by atoms with Gasteiger partial charge in [-0.3, -0.25) is 0 Å². The Labute approximate surface area is 62.6 Å². The van der Waals surface area contributed by atoms with Gasteiger partial charge in [0.25, 0.3) is 0 Å². The first-order valence-electron chi connectivity index (χ1n) is 3.15. The molecule has 0 aromatic carbocycles. The van der Waals surface area contributed by atoms with Crippen molar-refractivity contribution in [2.75, 3.05) is 5.32 Å². The van der Waals surface area contributed by atoms with Crippen LogP contribution in [0, 0.1) is 0 Å². The molecule has 1 aromatic heterocycles. The second-order valence-corrected chi connectivity index (χ2v) is 2.24. The number of nitrogens with one attached hydrogen (secondary N) is 1. The molecule has 1 unspecified atom stereocenters. The van der Waals surface area contributed by atoms with Gasteiger partial charge in [-0.15, -0.1) is 5.10 Å². The van der Waals surface area contributed by atoms with Crippen LogP contribution in [0.2, 0.25) is 0 Å². The van der Waals surface area contributed by atoms with Crippen LogP contribution >= 0.6 is 0 Å². The molecule has 6 nitrogen and oxygen atoms in total. The quantitative estimate of drug-likeness (QED) is 0.514. The lowest BCUT2D eigenvalue weighted by Gasteiger charge is -2.10. The summed E-state index contributed by atoms with van der Waals surface area (Å²) in [7, 11) is 1.74. The Morgan fingerprint density at radius 2 is 2.55 bits per heavy atom. The zero-order valence-electron chi connectivity index (χ0n) is 5.89. The third-order valence-electron chi connectivity index (χ3n) is 1.51. The van der Waals surface area contributed by atoms with Crippen LogP contribution < -0.4 is 5.32 Å². The van der Waals surface area contributed by atoms with Crippen LogP contribution in [0.25, 0.3) is 0 Å². The zero-order chi connectivity index (χ0) is 7.84. The third-order valence-corrected chi connectivity index (χ3v) is 1.51. The molecular formula is C5H7N5O. The van der Waals surface area contributed by atoms with Gasteiger partial charge in [-0.1, -0.05) is 5.21 Å². The number of hydrogen-bond donors (Lipinski definition) is 2. The van der Waals surface area contributed by atoms with E-state index in [1.54, 1.807) is 11.7 Å². The van der Waals surface area contributed by atoms with E-state index in [9.17, 15) is 5.11 Å². The number of aliphatic hydroxyl groups is 1. The van der Waals surface area contributed by atoms with E-state index in [1.807, 2.05) is 0 Å². The molecule has 1 atom stereocenters. The standard InChI is InChI=1S/C5H7N5O/c1-10-4-3(8-9-10)5(11)7-2-6-4/h2,5,11H,1H3,(H,6,7). The predicted octanol–water partition coefficient (Wildman–Crippen LogP) is -0.740. The molecule has 2 rings (SSSR count). The minimum Gasteiger partial charge on any atom is -0.366 e. The Hall–Kier alpha value is -1.43. The fourth-order valence-electron chi connectivity index (χ4n) is 0.954. The number of aliphatic hydroxyl groups excluding tert-OH is 1. The van der Waals surface area contributed by atoms with Crippen LogP contribution in [-0.4, -0.2) is 26.4 Å². The first kappa shape index (κ1) is 6.29. The van der Waals surface area contributed by atoms with Crippen molar-refractivity contribution >= 4 is 12.2 Å². The Kier molecular flexibility index (Phi) is 1.16. The minimum atomic E-state index is -0.875. The Balaban J connectivity index is 2.52. The fraction of sp³-hybridized carbons (Fsp3) is 0.400. The van der Waals surface area contributed by atoms with Crippen LogP contribution in [0.1, 0.15) is 11.9 Å². The normalized spacial score (nSPS) is 21.1. The molecule has 0 aliphatic carbocycles. The first-order chi connectivity index (χ1) is 5.29. The highest BCUT2D eigenvalue weighted by Crippen LogP contribution is 2.22. The summed E-state index contributed by atoms with van der Waals surface area (Å²) in [5.41, 5.74) is 0.468. The van der Waals surface area contributed by atoms with Gasteiger partial charge < -0.3 is 10.4 Å². The number of rotatable bonds is 0. The van der Waals surface area contributed by atoms with E-state index in [1.165, 1.54) is 6.34 Å². The molecule has 2 heterocycles. The van der Waals surface area contributed by atoms with Gasteiger partial charge in [0.05, 0.1) is 6.34 Å². The number of aromatic nitrogens is 3. The highest BCUT2D eigenvalue weighted by Gasteiger charge is 2.19. The maximum atomic E-state index is 9.22. The van der Waals surface area contributed by atoms with Gasteiger partial charge >= 0.3 is 0 Å². The lowest BCUT2D eigenvalue weighted by molar-refractivity contribution is 0.184. The molecule has 11 heavy (non-hydrogen) atoms. The molecule has 1 aromatic rings. The van der Waals surface area contributed by atoms with Crippen molar-refractivity contribution in [2.45, 2.75) is 6.23 Å². The molecule has 1 aliphatic heterocycles. The second kappa shape index (κ2) is 2.03. The molecule has 0 fully saturated rings. The van der Waals surface area contributed by atoms with E-state index in [0.717, 1.165) is 0 Å². The van der Waals surface area contributed by atoms with Crippen LogP contribution in [0.4, 0.5) is 5.82 Å². The lowest BCUT2D eigenvalue weighted by atomic mass is 10.3. The highest BCUT2D eigenvalue weighted by molar-refractivity contribution is 5.77. The largest absolute Gasteiger partial charge is 0.366 e. The highest BCUT2D eigenvalue weighted by atomic mass is 16.3. The molecule has 0 spiro atoms. The van der Waals surface area contributed by atoms with E-state index in [2.05, 4.69) is 20.6 Å². The van der Waals surface area contributed by atoms with Crippen molar-refractivity contribution in [3.05, 3.63) is 5.69 Å². The summed E-state index contributed by atoms with van der Waals surface area (Å²) >= 11 is 0. The van der Waals surface area contributed by atoms with Crippen LogP contribution in [0.5, 0.6) is 0 Å². The van der Waals surface area contributed by atoms with Crippen molar-refractivity contribution in [1.29, 1.82) is 0 Å². The van der Waals surface area contributed by atoms with Gasteiger partial charge in [0, 0.05) is 7.05 Å². The van der Waals surface area contributed by atoms with Crippen molar-refractivity contribution in [3.63, 3.8) is 0 Å². The lowest BCUT2D eigenvalue weighted by Crippen LogP contribution is -2.11. The Morgan fingerprint density at radius 1 is 1.73 bits per heavy atom. The van der Waals surface area contributed by atoms with Gasteiger partial charge in [0.2, 0.25) is 0 Å². The Bertz CT molecular complexity index is 304. The van der Waals surface area contributed by atoms with E-state index < -0.39 is 6.23 Å². The van der Waals surface area contributed by atoms with Crippen molar-refractivity contribution in [2.24, 2.45) is 12.0 Å². The number of aryl methyl sites for hydroxylation is 1. The van der Waals surface area contributed by atoms with Crippen LogP contribution in [0.3, 0.4) is 0 Å². The molecule has 0 saturated heterocycles. The monoisotopic (exact) mass is 153 g/mol. The number of hydrogen-bond acceptors (Lipinski definition) is 5. The van der Waals surface area contributed by atoms with Crippen molar-refractivity contribution in [1.82, 2.24) is 15.0 Å². The van der Waals surface area contributed by atoms with Gasteiger partial charge in [-0.2, -0.15) is 0 Å². The summed E-state index contributed by atoms with van der Waals surface area (Å²) in [4.78, 5) is 3.69. The van der Waals surface area contributed by atoms with E-state index >= 15 is 0 Å². The summed E-state index contributed by atoms with van der Waals surface area (Å²) in [5.74, 6) is 0.688. The number of aliphatic imine (C=N–C) groups is 1. The van der Waals surface area contributed by atoms with Gasteiger partial charge in [0.1, 0.15) is 0 Å². The average Bonchev–Trinajstić information content (AvgIpc) is 2.35. The van der Waals surface area contributed by atoms with E-state index in [-0.39, 0.29) is 0 Å². The van der Waals surface area contributed by atoms with Gasteiger partial charge in [0.15, 0.2) is 17.7 Å². The number of anilines is 1. The van der Waals surface area contributed by atoms with E-state index in [0.29, 0.717) is 11.5 Å². The molecule has 0 bridgehead atoms. The number of nitrogens with zero attached hydrogens (tertiary/aromatic N) is 4. The molecule has 58 valence electrons. The average molecular weight is 153 g/mol. The third kappa shape index (κ3) is 0.795. The molecule has 6 heteroatoms. The smallest absolute Gasteiger partial charge is 0.195 e. The summed E-state index contributed by atoms with van der Waals surface area (Å²) in [6.45, 7) is 0. The summed E-state index contributed by atoms with van der Waals surface area (Å²) in [6, 6.07) is 0. The zero-order valence-corrected chi connectivity index (χ0v) is 5.89. The van der Waals surface area contributed by atoms with Crippen LogP contribution in [-0.2, 0) is 7.05 Å². The maximum Gasteiger partial charge on any atom is 0.195 e. The number of fused-ring (bicyclic) bond motifs is 1. The molecule has 2 N–H and O–H groups in total. The summed E-state index contributed by atoms with van der Waals surface area (Å²) in [5, 5.41) is 19.5. The predicted molar refractivity (Wildman–Crippen MR) is 38.1 cm³/mol.